The minimum atomic E-state index is 0.0347. The molecule has 1 aliphatic heterocycles. The molecule has 0 saturated carbocycles. The number of aryl methyl sites for hydroxylation is 1. The molecule has 2 heterocycles. The van der Waals surface area contributed by atoms with Crippen LogP contribution >= 0.6 is 11.6 Å². The Balaban J connectivity index is 1.46. The first-order valence-electron chi connectivity index (χ1n) is 9.28. The van der Waals surface area contributed by atoms with Gasteiger partial charge in [0.1, 0.15) is 5.82 Å². The number of nitrogens with zero attached hydrogens (tertiary/aromatic N) is 2. The number of aromatic amines is 1. The lowest BCUT2D eigenvalue weighted by molar-refractivity contribution is -0.127. The second kappa shape index (κ2) is 7.57. The van der Waals surface area contributed by atoms with E-state index in [2.05, 4.69) is 4.98 Å². The zero-order valence-corrected chi connectivity index (χ0v) is 16.0. The van der Waals surface area contributed by atoms with Gasteiger partial charge in [0.25, 0.3) is 0 Å². The molecule has 1 fully saturated rings. The topological polar surface area (TPSA) is 49.0 Å². The number of benzene rings is 2. The normalized spacial score (nSPS) is 17.7. The summed E-state index contributed by atoms with van der Waals surface area (Å²) in [5.74, 6) is 1.26. The average Bonchev–Trinajstić information content (AvgIpc) is 3.13. The van der Waals surface area contributed by atoms with Gasteiger partial charge in [-0.05, 0) is 55.2 Å². The summed E-state index contributed by atoms with van der Waals surface area (Å²) >= 11 is 6.16. The molecule has 1 amide bonds. The molecule has 138 valence electrons. The third-order valence-electron chi connectivity index (χ3n) is 5.14. The second-order valence-electron chi connectivity index (χ2n) is 7.10. The highest BCUT2D eigenvalue weighted by molar-refractivity contribution is 6.31. The van der Waals surface area contributed by atoms with Crippen LogP contribution in [0.4, 0.5) is 0 Å². The Bertz CT molecular complexity index is 975. The van der Waals surface area contributed by atoms with Crippen molar-refractivity contribution in [3.63, 3.8) is 0 Å². The van der Waals surface area contributed by atoms with Crippen LogP contribution in [0.15, 0.2) is 48.5 Å². The maximum Gasteiger partial charge on any atom is 0.246 e. The van der Waals surface area contributed by atoms with E-state index < -0.39 is 0 Å². The van der Waals surface area contributed by atoms with Crippen LogP contribution in [0.25, 0.3) is 17.1 Å². The first-order chi connectivity index (χ1) is 13.1. The van der Waals surface area contributed by atoms with Crippen LogP contribution in [0.5, 0.6) is 0 Å². The Hall–Kier alpha value is -2.59. The SMILES string of the molecule is Cc1ccc(/C=C/C(=O)N2CCCC(c3nc4ccccc4[nH]3)C2)cc1Cl. The van der Waals surface area contributed by atoms with Gasteiger partial charge in [0, 0.05) is 30.1 Å². The average molecular weight is 380 g/mol. The molecule has 4 rings (SSSR count). The molecule has 0 bridgehead atoms. The minimum absolute atomic E-state index is 0.0347. The van der Waals surface area contributed by atoms with Gasteiger partial charge >= 0.3 is 0 Å². The summed E-state index contributed by atoms with van der Waals surface area (Å²) in [7, 11) is 0. The monoisotopic (exact) mass is 379 g/mol. The van der Waals surface area contributed by atoms with Crippen LogP contribution in [0, 0.1) is 6.92 Å². The number of fused-ring (bicyclic) bond motifs is 1. The van der Waals surface area contributed by atoms with Crippen LogP contribution < -0.4 is 0 Å². The van der Waals surface area contributed by atoms with Crippen molar-refractivity contribution in [2.45, 2.75) is 25.7 Å². The lowest BCUT2D eigenvalue weighted by Gasteiger charge is -2.31. The predicted octanol–water partition coefficient (Wildman–Crippen LogP) is 4.94. The van der Waals surface area contributed by atoms with Gasteiger partial charge in [-0.1, -0.05) is 35.9 Å². The summed E-state index contributed by atoms with van der Waals surface area (Å²) in [6.07, 6.45) is 5.50. The summed E-state index contributed by atoms with van der Waals surface area (Å²) < 4.78 is 0. The van der Waals surface area contributed by atoms with Crippen molar-refractivity contribution in [2.75, 3.05) is 13.1 Å². The van der Waals surface area contributed by atoms with Crippen LogP contribution in [-0.4, -0.2) is 33.9 Å². The van der Waals surface area contributed by atoms with Gasteiger partial charge in [-0.2, -0.15) is 0 Å². The number of piperidine rings is 1. The number of carbonyl (C=O) groups is 1. The summed E-state index contributed by atoms with van der Waals surface area (Å²) in [4.78, 5) is 22.7. The maximum atomic E-state index is 12.6. The van der Waals surface area contributed by atoms with Gasteiger partial charge in [-0.15, -0.1) is 0 Å². The molecule has 2 aromatic carbocycles. The summed E-state index contributed by atoms with van der Waals surface area (Å²) in [5.41, 5.74) is 3.99. The highest BCUT2D eigenvalue weighted by atomic mass is 35.5. The minimum Gasteiger partial charge on any atom is -0.342 e. The molecule has 3 aromatic rings. The predicted molar refractivity (Wildman–Crippen MR) is 110 cm³/mol. The molecule has 1 saturated heterocycles. The zero-order valence-electron chi connectivity index (χ0n) is 15.3. The van der Waals surface area contributed by atoms with Crippen molar-refractivity contribution in [3.05, 3.63) is 70.5 Å². The molecule has 1 N–H and O–H groups in total. The number of hydrogen-bond acceptors (Lipinski definition) is 2. The largest absolute Gasteiger partial charge is 0.342 e. The molecule has 1 unspecified atom stereocenters. The lowest BCUT2D eigenvalue weighted by Crippen LogP contribution is -2.38. The standard InChI is InChI=1S/C22H22ClN3O/c1-15-8-9-16(13-18(15)23)10-11-21(27)26-12-4-5-17(14-26)22-24-19-6-2-3-7-20(19)25-22/h2-3,6-11,13,17H,4-5,12,14H2,1H3,(H,24,25)/b11-10+. The first-order valence-corrected chi connectivity index (χ1v) is 9.66. The fraction of sp³-hybridized carbons (Fsp3) is 0.273. The molecule has 0 aliphatic carbocycles. The highest BCUT2D eigenvalue weighted by Gasteiger charge is 2.25. The number of nitrogens with one attached hydrogen (secondary N) is 1. The number of rotatable bonds is 3. The molecular formula is C22H22ClN3O. The number of likely N-dealkylation sites (tertiary alicyclic amines) is 1. The Morgan fingerprint density at radius 3 is 2.96 bits per heavy atom. The van der Waals surface area contributed by atoms with Crippen molar-refractivity contribution < 1.29 is 4.79 Å². The fourth-order valence-electron chi connectivity index (χ4n) is 3.55. The first kappa shape index (κ1) is 17.8. The molecule has 4 nitrogen and oxygen atoms in total. The van der Waals surface area contributed by atoms with Crippen molar-refractivity contribution >= 4 is 34.6 Å². The molecular weight excluding hydrogens is 358 g/mol. The Morgan fingerprint density at radius 2 is 2.15 bits per heavy atom. The van der Waals surface area contributed by atoms with Gasteiger partial charge in [0.15, 0.2) is 0 Å². The summed E-state index contributed by atoms with van der Waals surface area (Å²) in [6, 6.07) is 13.9. The van der Waals surface area contributed by atoms with Gasteiger partial charge in [0.2, 0.25) is 5.91 Å². The number of H-pyrrole nitrogens is 1. The van der Waals surface area contributed by atoms with E-state index >= 15 is 0 Å². The van der Waals surface area contributed by atoms with E-state index in [1.165, 1.54) is 0 Å². The Labute approximate surface area is 163 Å². The van der Waals surface area contributed by atoms with Gasteiger partial charge < -0.3 is 9.88 Å². The van der Waals surface area contributed by atoms with E-state index in [4.69, 9.17) is 16.6 Å². The van der Waals surface area contributed by atoms with Crippen molar-refractivity contribution in [1.29, 1.82) is 0 Å². The molecule has 1 atom stereocenters. The Morgan fingerprint density at radius 1 is 1.30 bits per heavy atom. The second-order valence-corrected chi connectivity index (χ2v) is 7.51. The van der Waals surface area contributed by atoms with Crippen LogP contribution in [0.1, 0.15) is 35.7 Å². The van der Waals surface area contributed by atoms with E-state index in [0.29, 0.717) is 11.6 Å². The molecule has 1 aliphatic rings. The summed E-state index contributed by atoms with van der Waals surface area (Å²) in [5, 5.41) is 0.715. The molecule has 5 heteroatoms. The smallest absolute Gasteiger partial charge is 0.246 e. The summed E-state index contributed by atoms with van der Waals surface area (Å²) in [6.45, 7) is 3.44. The number of aromatic nitrogens is 2. The van der Waals surface area contributed by atoms with Crippen LogP contribution in [0.3, 0.4) is 0 Å². The number of hydrogen-bond donors (Lipinski definition) is 1. The molecule has 0 radical (unpaired) electrons. The number of para-hydroxylation sites is 2. The zero-order chi connectivity index (χ0) is 18.8. The maximum absolute atomic E-state index is 12.6. The molecule has 0 spiro atoms. The number of carbonyl (C=O) groups excluding carboxylic acids is 1. The van der Waals surface area contributed by atoms with Crippen molar-refractivity contribution in [1.82, 2.24) is 14.9 Å². The van der Waals surface area contributed by atoms with E-state index in [1.807, 2.05) is 60.4 Å². The highest BCUT2D eigenvalue weighted by Crippen LogP contribution is 2.27. The van der Waals surface area contributed by atoms with Gasteiger partial charge in [-0.3, -0.25) is 4.79 Å². The number of amides is 1. The van der Waals surface area contributed by atoms with E-state index in [1.54, 1.807) is 6.08 Å². The third kappa shape index (κ3) is 3.91. The van der Waals surface area contributed by atoms with Gasteiger partial charge in [-0.25, -0.2) is 4.98 Å². The van der Waals surface area contributed by atoms with Crippen molar-refractivity contribution in [3.8, 4) is 0 Å². The van der Waals surface area contributed by atoms with Crippen LogP contribution in [-0.2, 0) is 4.79 Å². The van der Waals surface area contributed by atoms with Crippen LogP contribution in [0.2, 0.25) is 5.02 Å². The van der Waals surface area contributed by atoms with E-state index in [-0.39, 0.29) is 11.8 Å². The molecule has 1 aromatic heterocycles. The molecule has 27 heavy (non-hydrogen) atoms. The third-order valence-corrected chi connectivity index (χ3v) is 5.55. The number of imidazole rings is 1. The fourth-order valence-corrected chi connectivity index (χ4v) is 3.74. The Kier molecular flexibility index (Phi) is 4.99. The lowest BCUT2D eigenvalue weighted by atomic mass is 9.97. The quantitative estimate of drug-likeness (QED) is 0.655. The van der Waals surface area contributed by atoms with Gasteiger partial charge in [0.05, 0.1) is 11.0 Å². The van der Waals surface area contributed by atoms with E-state index in [0.717, 1.165) is 47.4 Å². The van der Waals surface area contributed by atoms with Crippen molar-refractivity contribution in [2.24, 2.45) is 0 Å². The number of halogens is 1. The van der Waals surface area contributed by atoms with E-state index in [9.17, 15) is 4.79 Å².